The Morgan fingerprint density at radius 3 is 2.15 bits per heavy atom. The molecule has 0 spiro atoms. The molecule has 4 aliphatic carbocycles. The summed E-state index contributed by atoms with van der Waals surface area (Å²) in [6.45, 7) is 0. The van der Waals surface area contributed by atoms with Gasteiger partial charge in [0.05, 0.1) is 5.56 Å². The molecule has 0 atom stereocenters. The smallest absolute Gasteiger partial charge is 0.252 e. The lowest BCUT2D eigenvalue weighted by atomic mass is 9.53. The van der Waals surface area contributed by atoms with Gasteiger partial charge in [0.2, 0.25) is 0 Å². The first-order valence-electron chi connectivity index (χ1n) is 7.71. The number of hydrogen-bond acceptors (Lipinski definition) is 1. The van der Waals surface area contributed by atoms with E-state index in [4.69, 9.17) is 0 Å². The minimum Gasteiger partial charge on any atom is -0.347 e. The molecule has 1 amide bonds. The summed E-state index contributed by atoms with van der Waals surface area (Å²) in [6.07, 6.45) is 7.83. The van der Waals surface area contributed by atoms with Crippen LogP contribution in [0.5, 0.6) is 0 Å². The second-order valence-electron chi connectivity index (χ2n) is 7.13. The van der Waals surface area contributed by atoms with Gasteiger partial charge in [-0.15, -0.1) is 0 Å². The molecule has 1 aromatic carbocycles. The number of benzene rings is 1. The van der Waals surface area contributed by atoms with E-state index in [2.05, 4.69) is 21.2 Å². The Morgan fingerprint density at radius 2 is 1.60 bits per heavy atom. The van der Waals surface area contributed by atoms with E-state index >= 15 is 0 Å². The van der Waals surface area contributed by atoms with Crippen molar-refractivity contribution in [3.05, 3.63) is 34.3 Å². The van der Waals surface area contributed by atoms with Crippen LogP contribution < -0.4 is 5.32 Å². The van der Waals surface area contributed by atoms with Crippen molar-refractivity contribution in [2.24, 2.45) is 17.8 Å². The lowest BCUT2D eigenvalue weighted by molar-refractivity contribution is -0.0167. The fourth-order valence-electron chi connectivity index (χ4n) is 5.22. The maximum Gasteiger partial charge on any atom is 0.252 e. The summed E-state index contributed by atoms with van der Waals surface area (Å²) in [5.74, 6) is 2.68. The van der Waals surface area contributed by atoms with Crippen molar-refractivity contribution in [3.8, 4) is 0 Å². The van der Waals surface area contributed by atoms with Crippen LogP contribution in [0.3, 0.4) is 0 Å². The molecule has 1 N–H and O–H groups in total. The Labute approximate surface area is 128 Å². The number of halogens is 1. The zero-order valence-corrected chi connectivity index (χ0v) is 13.2. The second-order valence-corrected chi connectivity index (χ2v) is 7.99. The molecule has 0 heterocycles. The van der Waals surface area contributed by atoms with Crippen LogP contribution in [0.15, 0.2) is 28.7 Å². The van der Waals surface area contributed by atoms with Crippen LogP contribution in [0.2, 0.25) is 0 Å². The Hall–Kier alpha value is -0.830. The molecule has 4 fully saturated rings. The first-order chi connectivity index (χ1) is 9.63. The topological polar surface area (TPSA) is 29.1 Å². The monoisotopic (exact) mass is 333 g/mol. The van der Waals surface area contributed by atoms with E-state index < -0.39 is 0 Å². The molecule has 20 heavy (non-hydrogen) atoms. The van der Waals surface area contributed by atoms with Crippen molar-refractivity contribution in [3.63, 3.8) is 0 Å². The van der Waals surface area contributed by atoms with Crippen LogP contribution in [-0.4, -0.2) is 11.4 Å². The van der Waals surface area contributed by atoms with Crippen molar-refractivity contribution in [1.29, 1.82) is 0 Å². The first kappa shape index (κ1) is 12.9. The number of hydrogen-bond donors (Lipinski definition) is 1. The van der Waals surface area contributed by atoms with Gasteiger partial charge in [-0.2, -0.15) is 0 Å². The van der Waals surface area contributed by atoms with E-state index in [0.717, 1.165) is 27.8 Å². The van der Waals surface area contributed by atoms with Crippen molar-refractivity contribution in [1.82, 2.24) is 5.32 Å². The third-order valence-corrected chi connectivity index (χ3v) is 6.23. The van der Waals surface area contributed by atoms with Crippen LogP contribution in [0, 0.1) is 17.8 Å². The molecule has 2 nitrogen and oxygen atoms in total. The predicted octanol–water partition coefficient (Wildman–Crippen LogP) is 4.15. The standard InChI is InChI=1S/C17H20BrNO/c18-15-4-2-1-3-14(15)16(20)19-17-8-11-5-12(9-17)7-13(6-11)10-17/h1-4,11-13H,5-10H2,(H,19,20). The van der Waals surface area contributed by atoms with Crippen molar-refractivity contribution < 1.29 is 4.79 Å². The number of nitrogens with one attached hydrogen (secondary N) is 1. The van der Waals surface area contributed by atoms with E-state index in [1.54, 1.807) is 0 Å². The molecule has 4 aliphatic rings. The number of carbonyl (C=O) groups excluding carboxylic acids is 1. The Morgan fingerprint density at radius 1 is 1.05 bits per heavy atom. The first-order valence-corrected chi connectivity index (χ1v) is 8.50. The maximum atomic E-state index is 12.6. The summed E-state index contributed by atoms with van der Waals surface area (Å²) in [5.41, 5.74) is 0.865. The maximum absolute atomic E-state index is 12.6. The highest BCUT2D eigenvalue weighted by atomic mass is 79.9. The summed E-state index contributed by atoms with van der Waals surface area (Å²) in [6, 6.07) is 7.72. The van der Waals surface area contributed by atoms with Crippen LogP contribution in [0.4, 0.5) is 0 Å². The van der Waals surface area contributed by atoms with Gasteiger partial charge in [-0.05, 0) is 84.3 Å². The van der Waals surface area contributed by atoms with Gasteiger partial charge >= 0.3 is 0 Å². The van der Waals surface area contributed by atoms with E-state index in [-0.39, 0.29) is 11.4 Å². The highest BCUT2D eigenvalue weighted by Gasteiger charge is 2.51. The second kappa shape index (κ2) is 4.59. The minimum atomic E-state index is 0.0967. The van der Waals surface area contributed by atoms with Gasteiger partial charge in [-0.3, -0.25) is 4.79 Å². The largest absolute Gasteiger partial charge is 0.347 e. The van der Waals surface area contributed by atoms with Gasteiger partial charge in [0.25, 0.3) is 5.91 Å². The van der Waals surface area contributed by atoms with Crippen LogP contribution in [0.25, 0.3) is 0 Å². The zero-order chi connectivity index (χ0) is 13.7. The van der Waals surface area contributed by atoms with Gasteiger partial charge < -0.3 is 5.32 Å². The predicted molar refractivity (Wildman–Crippen MR) is 82.5 cm³/mol. The zero-order valence-electron chi connectivity index (χ0n) is 11.6. The van der Waals surface area contributed by atoms with Crippen LogP contribution in [-0.2, 0) is 0 Å². The number of amides is 1. The molecule has 0 saturated heterocycles. The molecule has 1 aromatic rings. The number of carbonyl (C=O) groups is 1. The van der Waals surface area contributed by atoms with Crippen LogP contribution in [0.1, 0.15) is 48.9 Å². The molecule has 0 radical (unpaired) electrons. The molecule has 106 valence electrons. The van der Waals surface area contributed by atoms with E-state index in [1.165, 1.54) is 38.5 Å². The fourth-order valence-corrected chi connectivity index (χ4v) is 5.68. The Bertz CT molecular complexity index is 518. The minimum absolute atomic E-state index is 0.0967. The van der Waals surface area contributed by atoms with E-state index in [1.807, 2.05) is 24.3 Å². The van der Waals surface area contributed by atoms with Gasteiger partial charge in [0.1, 0.15) is 0 Å². The normalized spacial score (nSPS) is 38.0. The third-order valence-electron chi connectivity index (χ3n) is 5.54. The third kappa shape index (κ3) is 2.11. The molecule has 0 aliphatic heterocycles. The van der Waals surface area contributed by atoms with Crippen molar-refractivity contribution in [2.45, 2.75) is 44.1 Å². The fraction of sp³-hybridized carbons (Fsp3) is 0.588. The summed E-state index contributed by atoms with van der Waals surface area (Å²) < 4.78 is 0.891. The summed E-state index contributed by atoms with van der Waals surface area (Å²) in [5, 5.41) is 3.41. The summed E-state index contributed by atoms with van der Waals surface area (Å²) >= 11 is 3.49. The molecule has 0 aromatic heterocycles. The Balaban J connectivity index is 1.57. The number of rotatable bonds is 2. The van der Waals surface area contributed by atoms with E-state index in [9.17, 15) is 4.79 Å². The van der Waals surface area contributed by atoms with Crippen LogP contribution >= 0.6 is 15.9 Å². The van der Waals surface area contributed by atoms with Crippen molar-refractivity contribution >= 4 is 21.8 Å². The average molecular weight is 334 g/mol. The average Bonchev–Trinajstić information content (AvgIpc) is 2.36. The van der Waals surface area contributed by atoms with Crippen molar-refractivity contribution in [2.75, 3.05) is 0 Å². The quantitative estimate of drug-likeness (QED) is 0.865. The molecular formula is C17H20BrNO. The van der Waals surface area contributed by atoms with Gasteiger partial charge in [-0.25, -0.2) is 0 Å². The SMILES string of the molecule is O=C(NC12CC3CC(CC(C3)C1)C2)c1ccccc1Br. The molecule has 4 saturated carbocycles. The van der Waals surface area contributed by atoms with Gasteiger partial charge in [-0.1, -0.05) is 12.1 Å². The summed E-state index contributed by atoms with van der Waals surface area (Å²) in [7, 11) is 0. The molecule has 0 unspecified atom stereocenters. The molecular weight excluding hydrogens is 314 g/mol. The lowest BCUT2D eigenvalue weighted by Gasteiger charge is -2.56. The molecule has 3 heteroatoms. The lowest BCUT2D eigenvalue weighted by Crippen LogP contribution is -2.59. The van der Waals surface area contributed by atoms with Gasteiger partial charge in [0.15, 0.2) is 0 Å². The highest BCUT2D eigenvalue weighted by Crippen LogP contribution is 2.55. The van der Waals surface area contributed by atoms with E-state index in [0.29, 0.717) is 0 Å². The van der Waals surface area contributed by atoms with Gasteiger partial charge in [0, 0.05) is 10.0 Å². The molecule has 4 bridgehead atoms. The Kier molecular flexibility index (Phi) is 2.95. The molecule has 5 rings (SSSR count). The highest BCUT2D eigenvalue weighted by molar-refractivity contribution is 9.10. The summed E-state index contributed by atoms with van der Waals surface area (Å²) in [4.78, 5) is 12.6.